The van der Waals surface area contributed by atoms with Crippen molar-refractivity contribution in [2.45, 2.75) is 276 Å². The Labute approximate surface area is 442 Å². The van der Waals surface area contributed by atoms with Crippen molar-refractivity contribution in [3.05, 3.63) is 72.9 Å². The molecule has 12 heteroatoms. The molecule has 0 radical (unpaired) electrons. The van der Waals surface area contributed by atoms with Crippen molar-refractivity contribution in [3.63, 3.8) is 0 Å². The molecule has 3 N–H and O–H groups in total. The molecule has 12 nitrogen and oxygen atoms in total. The number of hydrogen-bond donors (Lipinski definition) is 3. The summed E-state index contributed by atoms with van der Waals surface area (Å²) < 4.78 is 28.3. The maximum atomic E-state index is 13.1. The quantitative estimate of drug-likeness (QED) is 0.0228. The molecule has 1 heterocycles. The third-order valence-electron chi connectivity index (χ3n) is 12.7. The molecule has 0 aromatic rings. The van der Waals surface area contributed by atoms with Crippen molar-refractivity contribution >= 4 is 23.9 Å². The molecule has 0 aromatic heterocycles. The molecule has 1 saturated heterocycles. The smallest absolute Gasteiger partial charge is 0.335 e. The van der Waals surface area contributed by atoms with E-state index in [1.165, 1.54) is 38.5 Å². The summed E-state index contributed by atoms with van der Waals surface area (Å²) >= 11 is 0. The van der Waals surface area contributed by atoms with E-state index in [1.54, 1.807) is 0 Å². The van der Waals surface area contributed by atoms with Crippen LogP contribution in [0.25, 0.3) is 0 Å². The Morgan fingerprint density at radius 2 is 0.877 bits per heavy atom. The van der Waals surface area contributed by atoms with Gasteiger partial charge in [0.2, 0.25) is 0 Å². The van der Waals surface area contributed by atoms with E-state index in [2.05, 4.69) is 93.7 Å². The number of allylic oxidation sites excluding steroid dienone is 12. The first-order valence-electron chi connectivity index (χ1n) is 28.9. The second-order valence-corrected chi connectivity index (χ2v) is 19.5. The third kappa shape index (κ3) is 39.3. The fourth-order valence-corrected chi connectivity index (χ4v) is 8.27. The Bertz CT molecular complexity index is 1550. The summed E-state index contributed by atoms with van der Waals surface area (Å²) in [5.74, 6) is -3.16. The lowest BCUT2D eigenvalue weighted by molar-refractivity contribution is -0.301. The van der Waals surface area contributed by atoms with Crippen LogP contribution < -0.4 is 0 Å². The number of aliphatic carboxylic acids is 1. The van der Waals surface area contributed by atoms with Gasteiger partial charge in [-0.15, -0.1) is 0 Å². The van der Waals surface area contributed by atoms with Crippen LogP contribution in [0.5, 0.6) is 0 Å². The summed E-state index contributed by atoms with van der Waals surface area (Å²) in [6.45, 7) is 5.79. The molecule has 6 unspecified atom stereocenters. The van der Waals surface area contributed by atoms with E-state index in [1.807, 2.05) is 0 Å². The van der Waals surface area contributed by atoms with Gasteiger partial charge in [-0.1, -0.05) is 190 Å². The van der Waals surface area contributed by atoms with E-state index < -0.39 is 67.3 Å². The van der Waals surface area contributed by atoms with Crippen molar-refractivity contribution < 1.29 is 58.2 Å². The molecular formula is C61H102O12. The Morgan fingerprint density at radius 1 is 0.466 bits per heavy atom. The number of carbonyl (C=O) groups is 4. The van der Waals surface area contributed by atoms with Gasteiger partial charge in [-0.2, -0.15) is 0 Å². The zero-order chi connectivity index (χ0) is 53.3. The highest BCUT2D eigenvalue weighted by Crippen LogP contribution is 2.26. The largest absolute Gasteiger partial charge is 0.479 e. The van der Waals surface area contributed by atoms with Crippen molar-refractivity contribution in [3.8, 4) is 0 Å². The lowest BCUT2D eigenvalue weighted by atomic mass is 9.98. The monoisotopic (exact) mass is 1030 g/mol. The lowest BCUT2D eigenvalue weighted by Crippen LogP contribution is -2.61. The zero-order valence-corrected chi connectivity index (χ0v) is 45.9. The van der Waals surface area contributed by atoms with Crippen molar-refractivity contribution in [2.24, 2.45) is 0 Å². The van der Waals surface area contributed by atoms with Gasteiger partial charge < -0.3 is 39.0 Å². The van der Waals surface area contributed by atoms with E-state index in [-0.39, 0.29) is 25.9 Å². The van der Waals surface area contributed by atoms with Gasteiger partial charge in [0.05, 0.1) is 6.61 Å². The van der Waals surface area contributed by atoms with Crippen LogP contribution in [0.2, 0.25) is 0 Å². The highest BCUT2D eigenvalue weighted by Gasteiger charge is 2.50. The number of hydrogen-bond acceptors (Lipinski definition) is 11. The summed E-state index contributed by atoms with van der Waals surface area (Å²) in [5, 5.41) is 31.4. The van der Waals surface area contributed by atoms with Gasteiger partial charge in [-0.3, -0.25) is 14.4 Å². The number of esters is 3. The van der Waals surface area contributed by atoms with E-state index in [0.717, 1.165) is 141 Å². The Kier molecular flexibility index (Phi) is 45.1. The maximum absolute atomic E-state index is 13.1. The van der Waals surface area contributed by atoms with Crippen molar-refractivity contribution in [1.82, 2.24) is 0 Å². The first-order chi connectivity index (χ1) is 35.6. The van der Waals surface area contributed by atoms with E-state index in [0.29, 0.717) is 19.3 Å². The fourth-order valence-electron chi connectivity index (χ4n) is 8.27. The van der Waals surface area contributed by atoms with Gasteiger partial charge in [0.15, 0.2) is 24.6 Å². The highest BCUT2D eigenvalue weighted by atomic mass is 16.7. The molecule has 1 aliphatic heterocycles. The minimum Gasteiger partial charge on any atom is -0.479 e. The Morgan fingerprint density at radius 3 is 1.37 bits per heavy atom. The molecule has 0 spiro atoms. The Balaban J connectivity index is 2.69. The standard InChI is InChI=1S/C61H102O12/c1-4-7-10-13-16-19-22-24-25-26-27-28-29-31-33-35-38-41-44-47-53(62)69-50-52(71-54(63)48-45-42-39-37-34-30-23-20-17-14-11-8-5-2)51-70-61-59(57(66)56(65)58(73-61)60(67)68)72-55(64)49-46-43-40-36-32-21-18-15-12-9-6-3/h7,10,15-16,18-20,23-25,27-28,52,56-59,61,65-66H,4-6,8-9,11-14,17,21-22,26,29-51H2,1-3H3,(H,67,68)/b10-7-,18-15-,19-16-,23-20-,25-24-,28-27-. The number of unbranched alkanes of at least 4 members (excludes halogenated alkanes) is 22. The van der Waals surface area contributed by atoms with Gasteiger partial charge in [0.1, 0.15) is 18.8 Å². The number of carbonyl (C=O) groups excluding carboxylic acids is 3. The number of carboxylic acids is 1. The summed E-state index contributed by atoms with van der Waals surface area (Å²) in [4.78, 5) is 51.0. The molecule has 0 saturated carbocycles. The number of aliphatic hydroxyl groups is 2. The van der Waals surface area contributed by atoms with Crippen LogP contribution in [0.1, 0.15) is 239 Å². The van der Waals surface area contributed by atoms with Gasteiger partial charge in [-0.25, -0.2) is 4.79 Å². The van der Waals surface area contributed by atoms with E-state index in [4.69, 9.17) is 23.7 Å². The zero-order valence-electron chi connectivity index (χ0n) is 45.9. The Hall–Kier alpha value is -3.84. The SMILES string of the molecule is CC/C=C\C/C=C\C/C=C\C/C=C\CCCCCCCCC(=O)OCC(COC1OC(C(=O)O)C(O)C(O)C1OC(=O)CCCCCCC/C=C\CCCC)OC(=O)CCCCCCC/C=C\CCCCCC. The maximum Gasteiger partial charge on any atom is 0.335 e. The van der Waals surface area contributed by atoms with Crippen LogP contribution >= 0.6 is 0 Å². The summed E-state index contributed by atoms with van der Waals surface area (Å²) in [5.41, 5.74) is 0. The van der Waals surface area contributed by atoms with Gasteiger partial charge in [0.25, 0.3) is 0 Å². The van der Waals surface area contributed by atoms with Crippen LogP contribution in [-0.2, 0) is 42.9 Å². The summed E-state index contributed by atoms with van der Waals surface area (Å²) in [6.07, 6.45) is 48.8. The summed E-state index contributed by atoms with van der Waals surface area (Å²) in [6, 6.07) is 0. The number of ether oxygens (including phenoxy) is 5. The topological polar surface area (TPSA) is 175 Å². The average Bonchev–Trinajstić information content (AvgIpc) is 3.37. The third-order valence-corrected chi connectivity index (χ3v) is 12.7. The molecule has 1 aliphatic rings. The van der Waals surface area contributed by atoms with Crippen LogP contribution in [0.4, 0.5) is 0 Å². The minimum absolute atomic E-state index is 0.0461. The van der Waals surface area contributed by atoms with Crippen LogP contribution in [0, 0.1) is 0 Å². The molecule has 1 rings (SSSR count). The summed E-state index contributed by atoms with van der Waals surface area (Å²) in [7, 11) is 0. The molecule has 6 atom stereocenters. The second kappa shape index (κ2) is 49.1. The van der Waals surface area contributed by atoms with Crippen LogP contribution in [0.3, 0.4) is 0 Å². The minimum atomic E-state index is -1.91. The number of carboxylic acid groups (broad SMARTS) is 1. The molecule has 418 valence electrons. The number of rotatable bonds is 48. The van der Waals surface area contributed by atoms with Crippen molar-refractivity contribution in [2.75, 3.05) is 13.2 Å². The van der Waals surface area contributed by atoms with Gasteiger partial charge in [0, 0.05) is 19.3 Å². The molecule has 0 bridgehead atoms. The lowest BCUT2D eigenvalue weighted by Gasteiger charge is -2.40. The van der Waals surface area contributed by atoms with Gasteiger partial charge in [-0.05, 0) is 103 Å². The first kappa shape index (κ1) is 67.2. The van der Waals surface area contributed by atoms with Crippen molar-refractivity contribution in [1.29, 1.82) is 0 Å². The first-order valence-corrected chi connectivity index (χ1v) is 28.9. The normalized spacial score (nSPS) is 18.8. The predicted molar refractivity (Wildman–Crippen MR) is 294 cm³/mol. The highest BCUT2D eigenvalue weighted by molar-refractivity contribution is 5.74. The molecular weight excluding hydrogens is 925 g/mol. The second-order valence-electron chi connectivity index (χ2n) is 19.5. The molecule has 73 heavy (non-hydrogen) atoms. The molecule has 0 amide bonds. The average molecular weight is 1030 g/mol. The molecule has 0 aliphatic carbocycles. The number of aliphatic hydroxyl groups excluding tert-OH is 2. The van der Waals surface area contributed by atoms with Crippen LogP contribution in [0.15, 0.2) is 72.9 Å². The van der Waals surface area contributed by atoms with E-state index >= 15 is 0 Å². The van der Waals surface area contributed by atoms with E-state index in [9.17, 15) is 34.5 Å². The molecule has 1 fully saturated rings. The molecule has 0 aromatic carbocycles. The fraction of sp³-hybridized carbons (Fsp3) is 0.738. The predicted octanol–water partition coefficient (Wildman–Crippen LogP) is 14.6. The van der Waals surface area contributed by atoms with Crippen LogP contribution in [-0.4, -0.2) is 89.2 Å². The van der Waals surface area contributed by atoms with Gasteiger partial charge >= 0.3 is 23.9 Å².